The van der Waals surface area contributed by atoms with E-state index < -0.39 is 0 Å². The maximum atomic E-state index is 12.0. The summed E-state index contributed by atoms with van der Waals surface area (Å²) < 4.78 is 5.17. The molecule has 1 aromatic rings. The third kappa shape index (κ3) is 3.96. The van der Waals surface area contributed by atoms with Crippen molar-refractivity contribution in [3.63, 3.8) is 0 Å². The van der Waals surface area contributed by atoms with E-state index in [2.05, 4.69) is 18.9 Å². The molecule has 4 heteroatoms. The van der Waals surface area contributed by atoms with Gasteiger partial charge in [-0.3, -0.25) is 4.79 Å². The molecule has 1 atom stereocenters. The predicted molar refractivity (Wildman–Crippen MR) is 75.6 cm³/mol. The van der Waals surface area contributed by atoms with Crippen LogP contribution in [0.25, 0.3) is 6.08 Å². The van der Waals surface area contributed by atoms with E-state index in [1.54, 1.807) is 18.4 Å². The van der Waals surface area contributed by atoms with Crippen molar-refractivity contribution >= 4 is 12.0 Å². The fourth-order valence-corrected chi connectivity index (χ4v) is 2.40. The third-order valence-corrected chi connectivity index (χ3v) is 3.64. The molecular formula is C15H22N2O2. The Balaban J connectivity index is 1.81. The Bertz CT molecular complexity index is 425. The molecule has 1 aliphatic rings. The van der Waals surface area contributed by atoms with E-state index in [1.165, 1.54) is 0 Å². The zero-order valence-corrected chi connectivity index (χ0v) is 11.7. The Morgan fingerprint density at radius 1 is 1.63 bits per heavy atom. The van der Waals surface area contributed by atoms with Gasteiger partial charge in [0, 0.05) is 25.7 Å². The molecule has 1 aromatic heterocycles. The molecule has 1 amide bonds. The van der Waals surface area contributed by atoms with Crippen LogP contribution in [-0.2, 0) is 4.79 Å². The summed E-state index contributed by atoms with van der Waals surface area (Å²) in [5.41, 5.74) is 0. The highest BCUT2D eigenvalue weighted by molar-refractivity contribution is 5.91. The quantitative estimate of drug-likeness (QED) is 0.762. The summed E-state index contributed by atoms with van der Waals surface area (Å²) in [5.74, 6) is 1.40. The molecule has 0 aliphatic carbocycles. The van der Waals surface area contributed by atoms with Gasteiger partial charge in [-0.25, -0.2) is 0 Å². The van der Waals surface area contributed by atoms with Gasteiger partial charge in [-0.05, 0) is 44.1 Å². The maximum Gasteiger partial charge on any atom is 0.246 e. The number of furan rings is 1. The van der Waals surface area contributed by atoms with Gasteiger partial charge in [0.2, 0.25) is 5.91 Å². The lowest BCUT2D eigenvalue weighted by Gasteiger charge is -2.19. The van der Waals surface area contributed by atoms with E-state index in [1.807, 2.05) is 17.0 Å². The van der Waals surface area contributed by atoms with Crippen LogP contribution in [0.4, 0.5) is 0 Å². The van der Waals surface area contributed by atoms with Gasteiger partial charge in [-0.15, -0.1) is 0 Å². The number of hydrogen-bond acceptors (Lipinski definition) is 3. The van der Waals surface area contributed by atoms with Crippen molar-refractivity contribution in [1.82, 2.24) is 9.80 Å². The van der Waals surface area contributed by atoms with Gasteiger partial charge in [-0.2, -0.15) is 0 Å². The first-order chi connectivity index (χ1) is 9.19. The summed E-state index contributed by atoms with van der Waals surface area (Å²) >= 11 is 0. The highest BCUT2D eigenvalue weighted by Crippen LogP contribution is 2.17. The summed E-state index contributed by atoms with van der Waals surface area (Å²) in [6, 6.07) is 3.66. The predicted octanol–water partition coefficient (Wildman–Crippen LogP) is 2.09. The molecular weight excluding hydrogens is 240 g/mol. The summed E-state index contributed by atoms with van der Waals surface area (Å²) in [4.78, 5) is 16.3. The van der Waals surface area contributed by atoms with Crippen molar-refractivity contribution in [2.24, 2.45) is 5.92 Å². The first-order valence-electron chi connectivity index (χ1n) is 6.88. The average molecular weight is 262 g/mol. The molecule has 0 aromatic carbocycles. The van der Waals surface area contributed by atoms with Crippen molar-refractivity contribution in [2.45, 2.75) is 13.3 Å². The van der Waals surface area contributed by atoms with E-state index in [9.17, 15) is 4.79 Å². The minimum absolute atomic E-state index is 0.0815. The van der Waals surface area contributed by atoms with Crippen LogP contribution >= 0.6 is 0 Å². The van der Waals surface area contributed by atoms with Crippen LogP contribution in [0, 0.1) is 5.92 Å². The van der Waals surface area contributed by atoms with Crippen LogP contribution in [0.5, 0.6) is 0 Å². The van der Waals surface area contributed by atoms with E-state index in [0.29, 0.717) is 5.92 Å². The molecule has 1 fully saturated rings. The number of rotatable bonds is 5. The number of likely N-dealkylation sites (tertiary alicyclic amines) is 1. The first kappa shape index (κ1) is 13.9. The standard InChI is InChI=1S/C15H22N2O2/c1-3-16(2)11-13-8-9-17(12-13)15(18)7-6-14-5-4-10-19-14/h4-7,10,13H,3,8-9,11-12H2,1-2H3/b7-6+/t13-/m0/s1. The van der Waals surface area contributed by atoms with E-state index in [-0.39, 0.29) is 5.91 Å². The van der Waals surface area contributed by atoms with Crippen LogP contribution in [0.1, 0.15) is 19.1 Å². The molecule has 104 valence electrons. The Kier molecular flexibility index (Phi) is 4.80. The number of carbonyl (C=O) groups is 1. The molecule has 0 bridgehead atoms. The molecule has 2 rings (SSSR count). The average Bonchev–Trinajstić information content (AvgIpc) is 3.07. The van der Waals surface area contributed by atoms with E-state index in [4.69, 9.17) is 4.42 Å². The summed E-state index contributed by atoms with van der Waals surface area (Å²) in [6.07, 6.45) is 6.04. The zero-order chi connectivity index (χ0) is 13.7. The zero-order valence-electron chi connectivity index (χ0n) is 11.7. The van der Waals surface area contributed by atoms with Gasteiger partial charge in [0.15, 0.2) is 0 Å². The van der Waals surface area contributed by atoms with Gasteiger partial charge in [0.1, 0.15) is 5.76 Å². The van der Waals surface area contributed by atoms with Crippen LogP contribution in [-0.4, -0.2) is 48.9 Å². The second kappa shape index (κ2) is 6.57. The van der Waals surface area contributed by atoms with Crippen LogP contribution < -0.4 is 0 Å². The van der Waals surface area contributed by atoms with Gasteiger partial charge in [0.25, 0.3) is 0 Å². The molecule has 4 nitrogen and oxygen atoms in total. The molecule has 0 saturated carbocycles. The lowest BCUT2D eigenvalue weighted by atomic mass is 10.1. The van der Waals surface area contributed by atoms with Crippen LogP contribution in [0.2, 0.25) is 0 Å². The normalized spacial score (nSPS) is 19.7. The largest absolute Gasteiger partial charge is 0.465 e. The smallest absolute Gasteiger partial charge is 0.246 e. The minimum Gasteiger partial charge on any atom is -0.465 e. The Morgan fingerprint density at radius 2 is 2.47 bits per heavy atom. The van der Waals surface area contributed by atoms with Crippen LogP contribution in [0.3, 0.4) is 0 Å². The van der Waals surface area contributed by atoms with Crippen molar-refractivity contribution in [3.8, 4) is 0 Å². The molecule has 19 heavy (non-hydrogen) atoms. The molecule has 0 N–H and O–H groups in total. The minimum atomic E-state index is 0.0815. The molecule has 1 aliphatic heterocycles. The second-order valence-electron chi connectivity index (χ2n) is 5.14. The van der Waals surface area contributed by atoms with Crippen LogP contribution in [0.15, 0.2) is 28.9 Å². The monoisotopic (exact) mass is 262 g/mol. The fourth-order valence-electron chi connectivity index (χ4n) is 2.40. The maximum absolute atomic E-state index is 12.0. The Hall–Kier alpha value is -1.55. The number of hydrogen-bond donors (Lipinski definition) is 0. The number of nitrogens with zero attached hydrogens (tertiary/aromatic N) is 2. The van der Waals surface area contributed by atoms with E-state index in [0.717, 1.165) is 38.4 Å². The molecule has 2 heterocycles. The summed E-state index contributed by atoms with van der Waals surface area (Å²) in [5, 5.41) is 0. The van der Waals surface area contributed by atoms with Crippen molar-refractivity contribution in [3.05, 3.63) is 30.2 Å². The highest BCUT2D eigenvalue weighted by Gasteiger charge is 2.25. The molecule has 1 saturated heterocycles. The second-order valence-corrected chi connectivity index (χ2v) is 5.14. The molecule has 0 spiro atoms. The van der Waals surface area contributed by atoms with Gasteiger partial charge in [0.05, 0.1) is 6.26 Å². The Morgan fingerprint density at radius 3 is 3.16 bits per heavy atom. The summed E-state index contributed by atoms with van der Waals surface area (Å²) in [7, 11) is 2.13. The van der Waals surface area contributed by atoms with Gasteiger partial charge in [-0.1, -0.05) is 6.92 Å². The van der Waals surface area contributed by atoms with E-state index >= 15 is 0 Å². The topological polar surface area (TPSA) is 36.7 Å². The molecule has 0 radical (unpaired) electrons. The molecule has 0 unspecified atom stereocenters. The van der Waals surface area contributed by atoms with Gasteiger partial charge >= 0.3 is 0 Å². The van der Waals surface area contributed by atoms with Gasteiger partial charge < -0.3 is 14.2 Å². The number of carbonyl (C=O) groups excluding carboxylic acids is 1. The highest BCUT2D eigenvalue weighted by atomic mass is 16.3. The summed E-state index contributed by atoms with van der Waals surface area (Å²) in [6.45, 7) is 6.02. The first-order valence-corrected chi connectivity index (χ1v) is 6.88. The lowest BCUT2D eigenvalue weighted by Crippen LogP contribution is -2.30. The Labute approximate surface area is 114 Å². The van der Waals surface area contributed by atoms with Crippen molar-refractivity contribution in [1.29, 1.82) is 0 Å². The van der Waals surface area contributed by atoms with Crippen molar-refractivity contribution in [2.75, 3.05) is 33.2 Å². The SMILES string of the molecule is CCN(C)C[C@@H]1CCN(C(=O)/C=C/c2ccco2)C1. The number of amides is 1. The fraction of sp³-hybridized carbons (Fsp3) is 0.533. The lowest BCUT2D eigenvalue weighted by molar-refractivity contribution is -0.125. The third-order valence-electron chi connectivity index (χ3n) is 3.64. The van der Waals surface area contributed by atoms with Crippen molar-refractivity contribution < 1.29 is 9.21 Å².